The monoisotopic (exact) mass is 481 g/mol. The third-order valence-corrected chi connectivity index (χ3v) is 7.16. The summed E-state index contributed by atoms with van der Waals surface area (Å²) < 4.78 is 5.27. The maximum Gasteiger partial charge on any atom is 0.269 e. The Labute approximate surface area is 210 Å². The van der Waals surface area contributed by atoms with Crippen molar-refractivity contribution in [2.75, 3.05) is 18.6 Å². The van der Waals surface area contributed by atoms with E-state index in [9.17, 15) is 4.79 Å². The molecule has 0 unspecified atom stereocenters. The molecule has 0 radical (unpaired) electrons. The number of likely N-dealkylation sites (N-methyl/N-ethyl adjacent to an activating group) is 1. The summed E-state index contributed by atoms with van der Waals surface area (Å²) in [6.45, 7) is 5.43. The Bertz CT molecular complexity index is 1340. The molecule has 0 spiro atoms. The number of benzene rings is 3. The minimum Gasteiger partial charge on any atom is -0.497 e. The van der Waals surface area contributed by atoms with E-state index in [-0.39, 0.29) is 5.91 Å². The summed E-state index contributed by atoms with van der Waals surface area (Å²) in [5.74, 6) is 0.743. The van der Waals surface area contributed by atoms with Gasteiger partial charge in [-0.1, -0.05) is 48.0 Å². The zero-order valence-electron chi connectivity index (χ0n) is 20.1. The Balaban J connectivity index is 1.57. The number of ether oxygens (including phenoxy) is 1. The third-order valence-electron chi connectivity index (χ3n) is 6.08. The van der Waals surface area contributed by atoms with E-state index in [4.69, 9.17) is 9.73 Å². The first-order chi connectivity index (χ1) is 17.1. The van der Waals surface area contributed by atoms with Crippen molar-refractivity contribution >= 4 is 40.3 Å². The topological polar surface area (TPSA) is 45.1 Å². The van der Waals surface area contributed by atoms with E-state index >= 15 is 0 Å². The minimum atomic E-state index is -0.0280. The number of aryl methyl sites for hydroxylation is 1. The van der Waals surface area contributed by atoms with Gasteiger partial charge in [-0.25, -0.2) is 4.99 Å². The van der Waals surface area contributed by atoms with Crippen LogP contribution in [0.4, 0.5) is 11.4 Å². The molecule has 176 valence electrons. The Morgan fingerprint density at radius 3 is 2.43 bits per heavy atom. The molecule has 35 heavy (non-hydrogen) atoms. The predicted octanol–water partition coefficient (Wildman–Crippen LogP) is 6.53. The molecule has 3 aromatic rings. The van der Waals surface area contributed by atoms with Crippen molar-refractivity contribution < 1.29 is 9.53 Å². The maximum atomic E-state index is 13.8. The van der Waals surface area contributed by atoms with Crippen LogP contribution in [0.5, 0.6) is 5.75 Å². The van der Waals surface area contributed by atoms with E-state index in [1.54, 1.807) is 12.0 Å². The van der Waals surface area contributed by atoms with Gasteiger partial charge in [-0.2, -0.15) is 0 Å². The molecule has 0 N–H and O–H groups in total. The second kappa shape index (κ2) is 9.84. The number of aliphatic imine (C=N–C) groups is 1. The summed E-state index contributed by atoms with van der Waals surface area (Å²) in [7, 11) is 1.64. The molecule has 5 nitrogen and oxygen atoms in total. The highest BCUT2D eigenvalue weighted by Gasteiger charge is 2.37. The van der Waals surface area contributed by atoms with Crippen LogP contribution in [0.1, 0.15) is 23.6 Å². The van der Waals surface area contributed by atoms with Crippen molar-refractivity contribution in [2.45, 2.75) is 20.4 Å². The van der Waals surface area contributed by atoms with Gasteiger partial charge >= 0.3 is 0 Å². The van der Waals surface area contributed by atoms with Crippen molar-refractivity contribution in [3.63, 3.8) is 0 Å². The molecule has 0 atom stereocenters. The number of hydrogen-bond donors (Lipinski definition) is 0. The molecule has 1 fully saturated rings. The number of allylic oxidation sites excluding steroid dienone is 1. The van der Waals surface area contributed by atoms with Gasteiger partial charge in [-0.15, -0.1) is 0 Å². The van der Waals surface area contributed by atoms with Crippen molar-refractivity contribution in [1.29, 1.82) is 0 Å². The molecule has 5 rings (SSSR count). The number of nitrogens with zero attached hydrogens (tertiary/aromatic N) is 3. The van der Waals surface area contributed by atoms with Crippen molar-refractivity contribution in [2.24, 2.45) is 4.99 Å². The highest BCUT2D eigenvalue weighted by molar-refractivity contribution is 8.18. The third kappa shape index (κ3) is 4.62. The summed E-state index contributed by atoms with van der Waals surface area (Å²) in [5.41, 5.74) is 6.25. The van der Waals surface area contributed by atoms with Crippen LogP contribution in [0, 0.1) is 6.92 Å². The Morgan fingerprint density at radius 1 is 0.943 bits per heavy atom. The molecule has 6 heteroatoms. The largest absolute Gasteiger partial charge is 0.497 e. The zero-order chi connectivity index (χ0) is 24.4. The van der Waals surface area contributed by atoms with Crippen LogP contribution in [-0.2, 0) is 11.3 Å². The number of fused-ring (bicyclic) bond motifs is 1. The number of amides is 1. The smallest absolute Gasteiger partial charge is 0.269 e. The van der Waals surface area contributed by atoms with Gasteiger partial charge in [-0.05, 0) is 79.2 Å². The Kier molecular flexibility index (Phi) is 6.47. The normalized spacial score (nSPS) is 18.4. The molecule has 0 saturated carbocycles. The van der Waals surface area contributed by atoms with Gasteiger partial charge < -0.3 is 9.64 Å². The SMILES string of the molecule is CCN1/C(=C2/SC(=Nc3ccc(OC)cc3)N(Cc3ccccc3)C2=O)C=Cc2cc(C)ccc21. The van der Waals surface area contributed by atoms with Crippen molar-refractivity contribution in [3.8, 4) is 5.75 Å². The highest BCUT2D eigenvalue weighted by atomic mass is 32.2. The van der Waals surface area contributed by atoms with Crippen LogP contribution in [0.15, 0.2) is 94.5 Å². The van der Waals surface area contributed by atoms with Crippen molar-refractivity contribution in [3.05, 3.63) is 106 Å². The van der Waals surface area contributed by atoms with E-state index in [0.717, 1.165) is 34.9 Å². The van der Waals surface area contributed by atoms with E-state index < -0.39 is 0 Å². The lowest BCUT2D eigenvalue weighted by molar-refractivity contribution is -0.122. The van der Waals surface area contributed by atoms with Crippen LogP contribution < -0.4 is 9.64 Å². The number of amidine groups is 1. The number of carbonyl (C=O) groups excluding carboxylic acids is 1. The molecule has 2 heterocycles. The Morgan fingerprint density at radius 2 is 1.71 bits per heavy atom. The quantitative estimate of drug-likeness (QED) is 0.389. The van der Waals surface area contributed by atoms with Gasteiger partial charge in [0.25, 0.3) is 5.91 Å². The lowest BCUT2D eigenvalue weighted by Gasteiger charge is -2.30. The average molecular weight is 482 g/mol. The second-order valence-corrected chi connectivity index (χ2v) is 9.40. The summed E-state index contributed by atoms with van der Waals surface area (Å²) in [4.78, 5) is 23.4. The molecule has 0 aromatic heterocycles. The van der Waals surface area contributed by atoms with Gasteiger partial charge in [0.15, 0.2) is 5.17 Å². The number of carbonyl (C=O) groups is 1. The van der Waals surface area contributed by atoms with Crippen LogP contribution in [0.25, 0.3) is 6.08 Å². The van der Waals surface area contributed by atoms with Crippen molar-refractivity contribution in [1.82, 2.24) is 4.90 Å². The Hall–Kier alpha value is -3.77. The molecular formula is C29H27N3O2S. The molecule has 1 saturated heterocycles. The molecule has 1 amide bonds. The summed E-state index contributed by atoms with van der Waals surface area (Å²) in [6.07, 6.45) is 4.16. The minimum absolute atomic E-state index is 0.0280. The van der Waals surface area contributed by atoms with Gasteiger partial charge in [-0.3, -0.25) is 9.69 Å². The number of rotatable bonds is 5. The highest BCUT2D eigenvalue weighted by Crippen LogP contribution is 2.41. The first-order valence-electron chi connectivity index (χ1n) is 11.6. The standard InChI is InChI=1S/C29H27N3O2S/c1-4-31-25-16-10-20(2)18-22(25)11-17-26(31)27-28(33)32(19-21-8-6-5-7-9-21)29(35-27)30-23-12-14-24(34-3)15-13-23/h5-18H,4,19H2,1-3H3/b27-26+,30-29?. The van der Waals surface area contributed by atoms with Gasteiger partial charge in [0.1, 0.15) is 10.7 Å². The summed E-state index contributed by atoms with van der Waals surface area (Å²) >= 11 is 1.44. The average Bonchev–Trinajstić information content (AvgIpc) is 3.18. The van der Waals surface area contributed by atoms with Gasteiger partial charge in [0.2, 0.25) is 0 Å². The first kappa shape index (κ1) is 23.0. The zero-order valence-corrected chi connectivity index (χ0v) is 20.9. The molecule has 2 aliphatic rings. The van der Waals surface area contributed by atoms with Gasteiger partial charge in [0.05, 0.1) is 25.0 Å². The van der Waals surface area contributed by atoms with Crippen LogP contribution in [0.3, 0.4) is 0 Å². The second-order valence-electron chi connectivity index (χ2n) is 8.43. The van der Waals surface area contributed by atoms with Crippen LogP contribution >= 0.6 is 11.8 Å². The van der Waals surface area contributed by atoms with E-state index in [1.165, 1.54) is 22.9 Å². The molecule has 3 aromatic carbocycles. The van der Waals surface area contributed by atoms with Gasteiger partial charge in [0, 0.05) is 12.2 Å². The fourth-order valence-corrected chi connectivity index (χ4v) is 5.37. The summed E-state index contributed by atoms with van der Waals surface area (Å²) in [5, 5.41) is 0.672. The lowest BCUT2D eigenvalue weighted by atomic mass is 10.0. The lowest BCUT2D eigenvalue weighted by Crippen LogP contribution is -2.30. The fourth-order valence-electron chi connectivity index (χ4n) is 4.30. The number of methoxy groups -OCH3 is 1. The maximum absolute atomic E-state index is 13.8. The van der Waals surface area contributed by atoms with E-state index in [1.807, 2.05) is 54.6 Å². The molecule has 0 bridgehead atoms. The molecule has 0 aliphatic carbocycles. The number of anilines is 1. The first-order valence-corrected chi connectivity index (χ1v) is 12.5. The predicted molar refractivity (Wildman–Crippen MR) is 145 cm³/mol. The van der Waals surface area contributed by atoms with Crippen LogP contribution in [-0.4, -0.2) is 29.6 Å². The molecular weight excluding hydrogens is 454 g/mol. The van der Waals surface area contributed by atoms with E-state index in [0.29, 0.717) is 16.6 Å². The number of hydrogen-bond acceptors (Lipinski definition) is 5. The van der Waals surface area contributed by atoms with Crippen LogP contribution in [0.2, 0.25) is 0 Å². The fraction of sp³-hybridized carbons (Fsp3) is 0.172. The summed E-state index contributed by atoms with van der Waals surface area (Å²) in [6, 6.07) is 24.0. The van der Waals surface area contributed by atoms with E-state index in [2.05, 4.69) is 49.1 Å². The molecule has 2 aliphatic heterocycles. The number of thioether (sulfide) groups is 1.